The molecule has 0 unspecified atom stereocenters. The summed E-state index contributed by atoms with van der Waals surface area (Å²) in [6.07, 6.45) is 0. The quantitative estimate of drug-likeness (QED) is 0.550. The number of esters is 1. The molecule has 1 fully saturated rings. The molecule has 0 radical (unpaired) electrons. The van der Waals surface area contributed by atoms with Gasteiger partial charge in [0.25, 0.3) is 0 Å². The first-order chi connectivity index (χ1) is 15.7. The van der Waals surface area contributed by atoms with Crippen molar-refractivity contribution in [2.45, 2.75) is 12.8 Å². The lowest BCUT2D eigenvalue weighted by Crippen LogP contribution is -2.47. The highest BCUT2D eigenvalue weighted by atomic mass is 16.5. The van der Waals surface area contributed by atoms with E-state index in [0.29, 0.717) is 36.7 Å². The van der Waals surface area contributed by atoms with Crippen LogP contribution < -0.4 is 14.5 Å². The van der Waals surface area contributed by atoms with Crippen LogP contribution in [0.4, 0.5) is 11.5 Å². The maximum Gasteiger partial charge on any atom is 0.329 e. The van der Waals surface area contributed by atoms with E-state index >= 15 is 0 Å². The summed E-state index contributed by atoms with van der Waals surface area (Å²) in [5.41, 5.74) is 2.75. The molecule has 0 spiro atoms. The second kappa shape index (κ2) is 9.52. The van der Waals surface area contributed by atoms with Gasteiger partial charge in [0.1, 0.15) is 11.4 Å². The Morgan fingerprint density at radius 3 is 2.31 bits per heavy atom. The molecule has 2 heterocycles. The van der Waals surface area contributed by atoms with Crippen molar-refractivity contribution >= 4 is 28.5 Å². The fourth-order valence-electron chi connectivity index (χ4n) is 3.93. The third-order valence-corrected chi connectivity index (χ3v) is 5.50. The minimum absolute atomic E-state index is 0.334. The lowest BCUT2D eigenvalue weighted by molar-refractivity contribution is -0.141. The van der Waals surface area contributed by atoms with Gasteiger partial charge in [0, 0.05) is 26.2 Å². The summed E-state index contributed by atoms with van der Waals surface area (Å²) in [4.78, 5) is 26.1. The van der Waals surface area contributed by atoms with Crippen LogP contribution in [0.25, 0.3) is 11.0 Å². The van der Waals surface area contributed by atoms with Gasteiger partial charge in [-0.25, -0.2) is 9.97 Å². The van der Waals surface area contributed by atoms with E-state index in [0.717, 1.165) is 30.0 Å². The molecule has 1 atom stereocenters. The molecular formula is C24H25N5O3. The second-order valence-corrected chi connectivity index (χ2v) is 7.38. The lowest BCUT2D eigenvalue weighted by Gasteiger charge is -2.38. The maximum atomic E-state index is 12.3. The monoisotopic (exact) mass is 431 g/mol. The molecule has 4 rings (SSSR count). The summed E-state index contributed by atoms with van der Waals surface area (Å²) < 4.78 is 10.6. The number of carbonyl (C=O) groups is 1. The van der Waals surface area contributed by atoms with Crippen LogP contribution in [0.5, 0.6) is 5.75 Å². The third-order valence-electron chi connectivity index (χ3n) is 5.50. The van der Waals surface area contributed by atoms with E-state index in [1.54, 1.807) is 0 Å². The molecule has 1 aliphatic rings. The molecule has 3 aromatic rings. The number of anilines is 2. The first-order valence-electron chi connectivity index (χ1n) is 10.6. The van der Waals surface area contributed by atoms with E-state index in [1.165, 1.54) is 7.11 Å². The Balaban J connectivity index is 1.65. The molecule has 0 bridgehead atoms. The van der Waals surface area contributed by atoms with Crippen molar-refractivity contribution in [2.24, 2.45) is 0 Å². The minimum Gasteiger partial charge on any atom is -0.492 e. The van der Waals surface area contributed by atoms with Crippen molar-refractivity contribution in [3.63, 3.8) is 0 Å². The third kappa shape index (κ3) is 4.14. The average Bonchev–Trinajstić information content (AvgIpc) is 2.84. The van der Waals surface area contributed by atoms with E-state index in [1.807, 2.05) is 55.5 Å². The molecule has 1 saturated heterocycles. The van der Waals surface area contributed by atoms with Crippen LogP contribution in [0.15, 0.2) is 48.5 Å². The van der Waals surface area contributed by atoms with Crippen molar-refractivity contribution in [3.8, 4) is 11.8 Å². The number of aromatic nitrogens is 2. The number of nitriles is 1. The van der Waals surface area contributed by atoms with Crippen LogP contribution in [-0.2, 0) is 9.53 Å². The predicted molar refractivity (Wildman–Crippen MR) is 122 cm³/mol. The SMILES string of the molecule is CCOc1ccccc1N1CCN(c2nc3ccccc3nc2[C@@H](C#N)C(=O)OC)CC1. The van der Waals surface area contributed by atoms with Crippen molar-refractivity contribution < 1.29 is 14.3 Å². The Bertz CT molecular complexity index is 1150. The van der Waals surface area contributed by atoms with Crippen molar-refractivity contribution in [1.29, 1.82) is 5.26 Å². The van der Waals surface area contributed by atoms with Gasteiger partial charge in [0.15, 0.2) is 11.7 Å². The molecule has 8 heteroatoms. The summed E-state index contributed by atoms with van der Waals surface area (Å²) in [5, 5.41) is 9.69. The highest BCUT2D eigenvalue weighted by Crippen LogP contribution is 2.32. The molecule has 2 aromatic carbocycles. The summed E-state index contributed by atoms with van der Waals surface area (Å²) in [6.45, 7) is 5.40. The van der Waals surface area contributed by atoms with Gasteiger partial charge in [-0.1, -0.05) is 24.3 Å². The van der Waals surface area contributed by atoms with Crippen molar-refractivity contribution in [3.05, 3.63) is 54.2 Å². The standard InChI is InChI=1S/C24H25N5O3/c1-3-32-21-11-7-6-10-20(21)28-12-14-29(15-13-28)23-22(17(16-25)24(30)31-2)26-18-8-4-5-9-19(18)27-23/h4-11,17H,3,12-15H2,1-2H3/t17-/m1/s1. The Morgan fingerprint density at radius 2 is 1.66 bits per heavy atom. The highest BCUT2D eigenvalue weighted by Gasteiger charge is 2.31. The number of benzene rings is 2. The van der Waals surface area contributed by atoms with Gasteiger partial charge in [0.05, 0.1) is 36.5 Å². The van der Waals surface area contributed by atoms with Gasteiger partial charge in [-0.05, 0) is 31.2 Å². The predicted octanol–water partition coefficient (Wildman–Crippen LogP) is 3.14. The van der Waals surface area contributed by atoms with E-state index in [-0.39, 0.29) is 0 Å². The molecule has 0 aliphatic carbocycles. The smallest absolute Gasteiger partial charge is 0.329 e. The first-order valence-corrected chi connectivity index (χ1v) is 10.6. The zero-order valence-electron chi connectivity index (χ0n) is 18.2. The molecular weight excluding hydrogens is 406 g/mol. The van der Waals surface area contributed by atoms with Crippen LogP contribution in [0.2, 0.25) is 0 Å². The number of fused-ring (bicyclic) bond motifs is 1. The Kier molecular flexibility index (Phi) is 6.36. The molecule has 0 saturated carbocycles. The molecule has 0 N–H and O–H groups in total. The molecule has 32 heavy (non-hydrogen) atoms. The van der Waals surface area contributed by atoms with Crippen LogP contribution in [0.1, 0.15) is 18.5 Å². The van der Waals surface area contributed by atoms with E-state index < -0.39 is 11.9 Å². The molecule has 8 nitrogen and oxygen atoms in total. The van der Waals surface area contributed by atoms with Gasteiger partial charge in [-0.15, -0.1) is 0 Å². The number of hydrogen-bond donors (Lipinski definition) is 0. The molecule has 1 aromatic heterocycles. The number of methoxy groups -OCH3 is 1. The van der Waals surface area contributed by atoms with Gasteiger partial charge >= 0.3 is 5.97 Å². The summed E-state index contributed by atoms with van der Waals surface area (Å²) >= 11 is 0. The highest BCUT2D eigenvalue weighted by molar-refractivity contribution is 5.85. The van der Waals surface area contributed by atoms with E-state index in [2.05, 4.69) is 20.9 Å². The summed E-state index contributed by atoms with van der Waals surface area (Å²) in [7, 11) is 1.27. The number of ether oxygens (including phenoxy) is 2. The van der Waals surface area contributed by atoms with Gasteiger partial charge in [0.2, 0.25) is 0 Å². The topological polar surface area (TPSA) is 91.6 Å². The zero-order chi connectivity index (χ0) is 22.5. The second-order valence-electron chi connectivity index (χ2n) is 7.38. The van der Waals surface area contributed by atoms with Gasteiger partial charge in [-0.2, -0.15) is 5.26 Å². The molecule has 0 amide bonds. The zero-order valence-corrected chi connectivity index (χ0v) is 18.2. The number of nitrogens with zero attached hydrogens (tertiary/aromatic N) is 5. The maximum absolute atomic E-state index is 12.3. The molecule has 164 valence electrons. The van der Waals surface area contributed by atoms with Crippen LogP contribution in [-0.4, -0.2) is 55.8 Å². The number of carbonyl (C=O) groups excluding carboxylic acids is 1. The summed E-state index contributed by atoms with van der Waals surface area (Å²) in [6, 6.07) is 17.5. The number of rotatable bonds is 6. The lowest BCUT2D eigenvalue weighted by atomic mass is 10.1. The van der Waals surface area contributed by atoms with E-state index in [4.69, 9.17) is 14.5 Å². The fourth-order valence-corrected chi connectivity index (χ4v) is 3.93. The van der Waals surface area contributed by atoms with Crippen LogP contribution in [0, 0.1) is 11.3 Å². The van der Waals surface area contributed by atoms with Crippen LogP contribution in [0.3, 0.4) is 0 Å². The Labute approximate surface area is 187 Å². The van der Waals surface area contributed by atoms with Crippen molar-refractivity contribution in [1.82, 2.24) is 9.97 Å². The number of piperazine rings is 1. The number of hydrogen-bond acceptors (Lipinski definition) is 8. The molecule has 1 aliphatic heterocycles. The first kappa shape index (κ1) is 21.4. The summed E-state index contributed by atoms with van der Waals surface area (Å²) in [5.74, 6) is -0.352. The largest absolute Gasteiger partial charge is 0.492 e. The normalized spacial score (nSPS) is 14.7. The minimum atomic E-state index is -1.14. The van der Waals surface area contributed by atoms with Gasteiger partial charge in [-0.3, -0.25) is 4.79 Å². The number of para-hydroxylation sites is 4. The fraction of sp³-hybridized carbons (Fsp3) is 0.333. The Morgan fingerprint density at radius 1 is 1.03 bits per heavy atom. The van der Waals surface area contributed by atoms with Crippen LogP contribution >= 0.6 is 0 Å². The van der Waals surface area contributed by atoms with Gasteiger partial charge < -0.3 is 19.3 Å². The Hall–Kier alpha value is -3.86. The van der Waals surface area contributed by atoms with E-state index in [9.17, 15) is 10.1 Å². The average molecular weight is 431 g/mol. The van der Waals surface area contributed by atoms with Crippen molar-refractivity contribution in [2.75, 3.05) is 49.7 Å².